The summed E-state index contributed by atoms with van der Waals surface area (Å²) in [6, 6.07) is 0. The minimum absolute atomic E-state index is 0.621. The molecule has 1 aliphatic heterocycles. The van der Waals surface area contributed by atoms with Gasteiger partial charge in [0.25, 0.3) is 0 Å². The lowest BCUT2D eigenvalue weighted by Gasteiger charge is -2.30. The Morgan fingerprint density at radius 1 is 0.417 bits per heavy atom. The van der Waals surface area contributed by atoms with Gasteiger partial charge in [-0.1, -0.05) is 168 Å². The smallest absolute Gasteiger partial charge is 0.100 e. The highest BCUT2D eigenvalue weighted by Crippen LogP contribution is 2.22. The van der Waals surface area contributed by atoms with Crippen LogP contribution in [0.5, 0.6) is 0 Å². The lowest BCUT2D eigenvalue weighted by atomic mass is 10.0. The first kappa shape index (κ1) is 33.4. The zero-order valence-corrected chi connectivity index (χ0v) is 25.4. The Hall–Kier alpha value is -0.660. The molecule has 0 spiro atoms. The molecule has 0 aromatic rings. The lowest BCUT2D eigenvalue weighted by molar-refractivity contribution is 0.159. The van der Waals surface area contributed by atoms with Crippen LogP contribution in [0.3, 0.4) is 0 Å². The Bertz CT molecular complexity index is 460. The molecule has 0 saturated carbocycles. The maximum absolute atomic E-state index is 2.62. The van der Waals surface area contributed by atoms with E-state index in [2.05, 4.69) is 43.1 Å². The molecule has 0 aliphatic carbocycles. The minimum Gasteiger partial charge on any atom is -0.359 e. The molecular formula is C34H68N2. The summed E-state index contributed by atoms with van der Waals surface area (Å²) < 4.78 is 0. The van der Waals surface area contributed by atoms with Gasteiger partial charge in [0.1, 0.15) is 6.17 Å². The van der Waals surface area contributed by atoms with Crippen LogP contribution in [0.1, 0.15) is 187 Å². The fourth-order valence-electron chi connectivity index (χ4n) is 5.87. The molecule has 36 heavy (non-hydrogen) atoms. The summed E-state index contributed by atoms with van der Waals surface area (Å²) in [6.07, 6.45) is 44.1. The fraction of sp³-hybridized carbons (Fsp3) is 0.941. The summed E-state index contributed by atoms with van der Waals surface area (Å²) in [7, 11) is 2.27. The van der Waals surface area contributed by atoms with Crippen molar-refractivity contribution in [3.8, 4) is 0 Å². The van der Waals surface area contributed by atoms with Crippen molar-refractivity contribution in [2.75, 3.05) is 13.6 Å². The maximum Gasteiger partial charge on any atom is 0.100 e. The minimum atomic E-state index is 0.621. The third-order valence-electron chi connectivity index (χ3n) is 8.43. The van der Waals surface area contributed by atoms with Gasteiger partial charge in [-0.3, -0.25) is 0 Å². The van der Waals surface area contributed by atoms with E-state index >= 15 is 0 Å². The third kappa shape index (κ3) is 19.5. The normalized spacial score (nSPS) is 15.5. The van der Waals surface area contributed by atoms with Gasteiger partial charge in [-0.05, 0) is 19.3 Å². The van der Waals surface area contributed by atoms with Crippen LogP contribution in [0.15, 0.2) is 12.4 Å². The summed E-state index contributed by atoms with van der Waals surface area (Å²) >= 11 is 0. The molecule has 0 fully saturated rings. The van der Waals surface area contributed by atoms with Gasteiger partial charge in [0.05, 0.1) is 0 Å². The van der Waals surface area contributed by atoms with Gasteiger partial charge < -0.3 is 9.80 Å². The molecule has 2 nitrogen and oxygen atoms in total. The molecule has 214 valence electrons. The Morgan fingerprint density at radius 3 is 1.14 bits per heavy atom. The molecule has 0 aromatic carbocycles. The molecule has 1 heterocycles. The molecule has 1 unspecified atom stereocenters. The van der Waals surface area contributed by atoms with E-state index in [0.29, 0.717) is 6.17 Å². The largest absolute Gasteiger partial charge is 0.359 e. The molecular weight excluding hydrogens is 436 g/mol. The van der Waals surface area contributed by atoms with Crippen LogP contribution >= 0.6 is 0 Å². The Morgan fingerprint density at radius 2 is 0.750 bits per heavy atom. The average molecular weight is 505 g/mol. The van der Waals surface area contributed by atoms with Crippen LogP contribution in [0.25, 0.3) is 0 Å². The number of unbranched alkanes of at least 4 members (excludes halogenated alkanes) is 24. The summed E-state index contributed by atoms with van der Waals surface area (Å²) in [5.74, 6) is 0. The van der Waals surface area contributed by atoms with Crippen molar-refractivity contribution in [3.05, 3.63) is 12.4 Å². The van der Waals surface area contributed by atoms with Crippen LogP contribution in [0, 0.1) is 0 Å². The van der Waals surface area contributed by atoms with Gasteiger partial charge in [0, 0.05) is 26.0 Å². The zero-order valence-electron chi connectivity index (χ0n) is 25.4. The fourth-order valence-corrected chi connectivity index (χ4v) is 5.87. The second-order valence-electron chi connectivity index (χ2n) is 12.0. The summed E-state index contributed by atoms with van der Waals surface area (Å²) in [4.78, 5) is 5.07. The third-order valence-corrected chi connectivity index (χ3v) is 8.43. The predicted molar refractivity (Wildman–Crippen MR) is 163 cm³/mol. The van der Waals surface area contributed by atoms with Gasteiger partial charge in [-0.25, -0.2) is 0 Å². The van der Waals surface area contributed by atoms with Crippen LogP contribution in [0.4, 0.5) is 0 Å². The van der Waals surface area contributed by atoms with E-state index in [-0.39, 0.29) is 0 Å². The maximum atomic E-state index is 2.62. The number of hydrogen-bond acceptors (Lipinski definition) is 2. The van der Waals surface area contributed by atoms with Crippen LogP contribution in [-0.4, -0.2) is 29.6 Å². The van der Waals surface area contributed by atoms with Crippen LogP contribution in [-0.2, 0) is 0 Å². The number of rotatable bonds is 28. The first-order chi connectivity index (χ1) is 17.8. The summed E-state index contributed by atoms with van der Waals surface area (Å²) in [5.41, 5.74) is 0. The van der Waals surface area contributed by atoms with E-state index in [1.54, 1.807) is 0 Å². The second kappa shape index (κ2) is 26.0. The van der Waals surface area contributed by atoms with Crippen molar-refractivity contribution in [1.29, 1.82) is 0 Å². The van der Waals surface area contributed by atoms with E-state index < -0.39 is 0 Å². The average Bonchev–Trinajstić information content (AvgIpc) is 3.23. The zero-order chi connectivity index (χ0) is 25.9. The lowest BCUT2D eigenvalue weighted by Crippen LogP contribution is -2.37. The van der Waals surface area contributed by atoms with Gasteiger partial charge in [-0.2, -0.15) is 0 Å². The van der Waals surface area contributed by atoms with E-state index in [1.807, 2.05) is 0 Å². The van der Waals surface area contributed by atoms with Crippen molar-refractivity contribution >= 4 is 0 Å². The molecule has 2 heteroatoms. The predicted octanol–water partition coefficient (Wildman–Crippen LogP) is 11.6. The quantitative estimate of drug-likeness (QED) is 0.0977. The summed E-state index contributed by atoms with van der Waals surface area (Å²) in [6.45, 7) is 5.86. The van der Waals surface area contributed by atoms with E-state index in [9.17, 15) is 0 Å². The molecule has 1 rings (SSSR count). The number of nitrogens with zero attached hydrogens (tertiary/aromatic N) is 2. The van der Waals surface area contributed by atoms with Crippen molar-refractivity contribution in [2.24, 2.45) is 0 Å². The molecule has 1 atom stereocenters. The van der Waals surface area contributed by atoms with Gasteiger partial charge in [0.2, 0.25) is 0 Å². The first-order valence-electron chi connectivity index (χ1n) is 17.0. The Labute approximate surface area is 229 Å². The van der Waals surface area contributed by atoms with Crippen molar-refractivity contribution < 1.29 is 0 Å². The first-order valence-corrected chi connectivity index (χ1v) is 17.0. The molecule has 0 bridgehead atoms. The molecule has 0 N–H and O–H groups in total. The molecule has 0 radical (unpaired) electrons. The highest BCUT2D eigenvalue weighted by atomic mass is 15.4. The Kier molecular flexibility index (Phi) is 24.1. The van der Waals surface area contributed by atoms with Crippen molar-refractivity contribution in [3.63, 3.8) is 0 Å². The molecule has 0 amide bonds. The van der Waals surface area contributed by atoms with Crippen LogP contribution < -0.4 is 0 Å². The molecule has 0 saturated heterocycles. The Balaban J connectivity index is 1.88. The van der Waals surface area contributed by atoms with E-state index in [4.69, 9.17) is 0 Å². The highest BCUT2D eigenvalue weighted by Gasteiger charge is 2.22. The van der Waals surface area contributed by atoms with Crippen LogP contribution in [0.2, 0.25) is 0 Å². The van der Waals surface area contributed by atoms with Gasteiger partial charge in [-0.15, -0.1) is 0 Å². The highest BCUT2D eigenvalue weighted by molar-refractivity contribution is 4.95. The topological polar surface area (TPSA) is 6.48 Å². The molecule has 1 aliphatic rings. The van der Waals surface area contributed by atoms with E-state index in [0.717, 1.165) is 0 Å². The number of hydrogen-bond donors (Lipinski definition) is 0. The van der Waals surface area contributed by atoms with Gasteiger partial charge in [0.15, 0.2) is 0 Å². The van der Waals surface area contributed by atoms with Crippen molar-refractivity contribution in [2.45, 2.75) is 193 Å². The second-order valence-corrected chi connectivity index (χ2v) is 12.0. The standard InChI is InChI=1S/C34H68N2/c1-4-6-8-10-12-14-16-17-18-19-20-21-23-25-27-29-31-36-33-32-35(3)34(36)30-28-26-24-22-15-13-11-9-7-5-2/h32-34H,4-31H2,1-3H3. The van der Waals surface area contributed by atoms with E-state index in [1.165, 1.54) is 180 Å². The monoisotopic (exact) mass is 505 g/mol. The molecule has 0 aromatic heterocycles. The summed E-state index contributed by atoms with van der Waals surface area (Å²) in [5, 5.41) is 0. The SMILES string of the molecule is CCCCCCCCCCCCCCCCCCN1C=CN(C)C1CCCCCCCCCCCC. The van der Waals surface area contributed by atoms with Gasteiger partial charge >= 0.3 is 0 Å². The van der Waals surface area contributed by atoms with Crippen molar-refractivity contribution in [1.82, 2.24) is 9.80 Å².